The maximum atomic E-state index is 11.6. The van der Waals surface area contributed by atoms with E-state index in [1.54, 1.807) is 0 Å². The number of carbonyl (C=O) groups is 1. The van der Waals surface area contributed by atoms with Gasteiger partial charge >= 0.3 is 0 Å². The minimum Gasteiger partial charge on any atom is -0.369 e. The van der Waals surface area contributed by atoms with Gasteiger partial charge in [0.05, 0.1) is 0 Å². The molecule has 0 aliphatic carbocycles. The van der Waals surface area contributed by atoms with Crippen LogP contribution in [0.25, 0.3) is 0 Å². The molecule has 9 heteroatoms. The SMILES string of the molecule is CCC(=O)Cc1ccc(Sc2nc(NCCN)cc(Nc3cc(C)[nH]n3)n2)cc1. The normalized spacial score (nSPS) is 10.7. The van der Waals surface area contributed by atoms with Crippen LogP contribution in [0.3, 0.4) is 0 Å². The Morgan fingerprint density at radius 1 is 1.14 bits per heavy atom. The lowest BCUT2D eigenvalue weighted by Gasteiger charge is -2.10. The fraction of sp³-hybridized carbons (Fsp3) is 0.300. The molecule has 0 fully saturated rings. The van der Waals surface area contributed by atoms with Crippen LogP contribution in [0, 0.1) is 6.92 Å². The average molecular weight is 412 g/mol. The minimum absolute atomic E-state index is 0.233. The van der Waals surface area contributed by atoms with E-state index in [4.69, 9.17) is 5.73 Å². The molecular weight excluding hydrogens is 386 g/mol. The van der Waals surface area contributed by atoms with Crippen molar-refractivity contribution in [3.8, 4) is 0 Å². The number of hydrogen-bond donors (Lipinski definition) is 4. The van der Waals surface area contributed by atoms with E-state index in [0.29, 0.717) is 48.5 Å². The molecule has 2 heterocycles. The number of aryl methyl sites for hydroxylation is 1. The van der Waals surface area contributed by atoms with Gasteiger partial charge in [0.15, 0.2) is 11.0 Å². The maximum Gasteiger partial charge on any atom is 0.196 e. The van der Waals surface area contributed by atoms with Crippen molar-refractivity contribution in [1.82, 2.24) is 20.2 Å². The number of nitrogens with two attached hydrogens (primary N) is 1. The molecule has 8 nitrogen and oxygen atoms in total. The largest absolute Gasteiger partial charge is 0.369 e. The molecule has 0 aliphatic rings. The van der Waals surface area contributed by atoms with Crippen LogP contribution in [0.15, 0.2) is 46.5 Å². The zero-order valence-electron chi connectivity index (χ0n) is 16.5. The summed E-state index contributed by atoms with van der Waals surface area (Å²) in [5.74, 6) is 2.25. The Morgan fingerprint density at radius 3 is 2.55 bits per heavy atom. The summed E-state index contributed by atoms with van der Waals surface area (Å²) in [6.45, 7) is 4.94. The minimum atomic E-state index is 0.233. The number of ketones is 1. The van der Waals surface area contributed by atoms with Gasteiger partial charge in [-0.2, -0.15) is 5.10 Å². The molecule has 0 unspecified atom stereocenters. The van der Waals surface area contributed by atoms with Crippen LogP contribution >= 0.6 is 11.8 Å². The summed E-state index contributed by atoms with van der Waals surface area (Å²) >= 11 is 1.45. The molecule has 0 amide bonds. The van der Waals surface area contributed by atoms with Gasteiger partial charge in [-0.25, -0.2) is 9.97 Å². The molecule has 0 aliphatic heterocycles. The lowest BCUT2D eigenvalue weighted by Crippen LogP contribution is -2.14. The van der Waals surface area contributed by atoms with E-state index in [9.17, 15) is 4.79 Å². The first-order valence-corrected chi connectivity index (χ1v) is 10.3. The lowest BCUT2D eigenvalue weighted by atomic mass is 10.1. The Labute approximate surface area is 174 Å². The highest BCUT2D eigenvalue weighted by atomic mass is 32.2. The summed E-state index contributed by atoms with van der Waals surface area (Å²) in [6.07, 6.45) is 1.02. The first-order valence-electron chi connectivity index (χ1n) is 9.46. The summed E-state index contributed by atoms with van der Waals surface area (Å²) in [5, 5.41) is 14.1. The third-order valence-corrected chi connectivity index (χ3v) is 4.92. The Bertz CT molecular complexity index is 956. The third kappa shape index (κ3) is 6.30. The van der Waals surface area contributed by atoms with Gasteiger partial charge in [-0.1, -0.05) is 19.1 Å². The van der Waals surface area contributed by atoms with E-state index in [0.717, 1.165) is 16.2 Å². The van der Waals surface area contributed by atoms with Gasteiger partial charge in [0.2, 0.25) is 0 Å². The number of carbonyl (C=O) groups excluding carboxylic acids is 1. The predicted molar refractivity (Wildman–Crippen MR) is 116 cm³/mol. The van der Waals surface area contributed by atoms with E-state index in [1.807, 2.05) is 50.2 Å². The van der Waals surface area contributed by atoms with Crippen molar-refractivity contribution in [1.29, 1.82) is 0 Å². The van der Waals surface area contributed by atoms with E-state index < -0.39 is 0 Å². The molecule has 0 saturated heterocycles. The first-order chi connectivity index (χ1) is 14.1. The van der Waals surface area contributed by atoms with E-state index in [2.05, 4.69) is 30.8 Å². The van der Waals surface area contributed by atoms with Crippen LogP contribution in [0.4, 0.5) is 17.5 Å². The highest BCUT2D eigenvalue weighted by molar-refractivity contribution is 7.99. The van der Waals surface area contributed by atoms with Crippen LogP contribution in [-0.4, -0.2) is 39.0 Å². The van der Waals surface area contributed by atoms with Gasteiger partial charge in [-0.05, 0) is 36.4 Å². The highest BCUT2D eigenvalue weighted by Crippen LogP contribution is 2.28. The monoisotopic (exact) mass is 411 g/mol. The number of anilines is 3. The molecule has 0 atom stereocenters. The van der Waals surface area contributed by atoms with Crippen LogP contribution in [0.2, 0.25) is 0 Å². The molecule has 2 aromatic heterocycles. The van der Waals surface area contributed by atoms with Crippen molar-refractivity contribution in [2.45, 2.75) is 36.7 Å². The molecule has 3 aromatic rings. The molecule has 1 aromatic carbocycles. The molecular formula is C20H25N7OS. The topological polar surface area (TPSA) is 122 Å². The van der Waals surface area contributed by atoms with E-state index in [-0.39, 0.29) is 5.78 Å². The molecule has 0 bridgehead atoms. The number of hydrogen-bond acceptors (Lipinski definition) is 8. The lowest BCUT2D eigenvalue weighted by molar-refractivity contribution is -0.118. The summed E-state index contributed by atoms with van der Waals surface area (Å²) in [4.78, 5) is 21.8. The molecule has 0 radical (unpaired) electrons. The standard InChI is InChI=1S/C20H25N7OS/c1-3-15(28)11-14-4-6-16(7-5-14)29-20-24-17(22-9-8-21)12-18(25-20)23-19-10-13(2)26-27-19/h4-7,10,12H,3,8-9,11,21H2,1-2H3,(H3,22,23,24,25,26,27). The maximum absolute atomic E-state index is 11.6. The summed E-state index contributed by atoms with van der Waals surface area (Å²) < 4.78 is 0. The van der Waals surface area contributed by atoms with Crippen molar-refractivity contribution in [3.63, 3.8) is 0 Å². The number of Topliss-reactive ketones (excluding diaryl/α,β-unsaturated/α-hetero) is 1. The molecule has 5 N–H and O–H groups in total. The molecule has 152 valence electrons. The second-order valence-corrected chi connectivity index (χ2v) is 7.55. The number of aromatic nitrogens is 4. The van der Waals surface area contributed by atoms with Crippen LogP contribution in [0.5, 0.6) is 0 Å². The smallest absolute Gasteiger partial charge is 0.196 e. The molecule has 29 heavy (non-hydrogen) atoms. The van der Waals surface area contributed by atoms with Crippen molar-refractivity contribution >= 4 is 35.0 Å². The van der Waals surface area contributed by atoms with Crippen LogP contribution in [0.1, 0.15) is 24.6 Å². The zero-order valence-corrected chi connectivity index (χ0v) is 17.3. The van der Waals surface area contributed by atoms with Crippen LogP contribution < -0.4 is 16.4 Å². The fourth-order valence-corrected chi connectivity index (χ4v) is 3.34. The zero-order chi connectivity index (χ0) is 20.6. The van der Waals surface area contributed by atoms with E-state index >= 15 is 0 Å². The van der Waals surface area contributed by atoms with Gasteiger partial charge in [0.25, 0.3) is 0 Å². The number of benzene rings is 1. The highest BCUT2D eigenvalue weighted by Gasteiger charge is 2.09. The summed E-state index contributed by atoms with van der Waals surface area (Å²) in [7, 11) is 0. The van der Waals surface area contributed by atoms with Gasteiger partial charge in [0, 0.05) is 48.7 Å². The Morgan fingerprint density at radius 2 is 1.90 bits per heavy atom. The predicted octanol–water partition coefficient (Wildman–Crippen LogP) is 3.30. The summed E-state index contributed by atoms with van der Waals surface area (Å²) in [5.41, 5.74) is 7.56. The van der Waals surface area contributed by atoms with Crippen molar-refractivity contribution in [2.75, 3.05) is 23.7 Å². The second-order valence-electron chi connectivity index (χ2n) is 6.51. The van der Waals surface area contributed by atoms with Gasteiger partial charge in [-0.3, -0.25) is 9.89 Å². The fourth-order valence-electron chi connectivity index (χ4n) is 2.57. The van der Waals surface area contributed by atoms with Crippen molar-refractivity contribution < 1.29 is 4.79 Å². The molecule has 0 saturated carbocycles. The van der Waals surface area contributed by atoms with E-state index in [1.165, 1.54) is 11.8 Å². The Hall–Kier alpha value is -2.91. The molecule has 3 rings (SSSR count). The van der Waals surface area contributed by atoms with Gasteiger partial charge in [0.1, 0.15) is 17.4 Å². The van der Waals surface area contributed by atoms with Gasteiger partial charge in [-0.15, -0.1) is 0 Å². The summed E-state index contributed by atoms with van der Waals surface area (Å²) in [6, 6.07) is 11.6. The molecule has 0 spiro atoms. The van der Waals surface area contributed by atoms with Gasteiger partial charge < -0.3 is 16.4 Å². The number of aromatic amines is 1. The Balaban J connectivity index is 1.77. The third-order valence-electron chi connectivity index (χ3n) is 4.05. The average Bonchev–Trinajstić information content (AvgIpc) is 3.12. The number of rotatable bonds is 10. The number of nitrogens with one attached hydrogen (secondary N) is 3. The second kappa shape index (κ2) is 10.0. The quantitative estimate of drug-likeness (QED) is 0.375. The number of nitrogens with zero attached hydrogens (tertiary/aromatic N) is 3. The number of H-pyrrole nitrogens is 1. The van der Waals surface area contributed by atoms with Crippen molar-refractivity contribution in [3.05, 3.63) is 47.7 Å². The van der Waals surface area contributed by atoms with Crippen LogP contribution in [-0.2, 0) is 11.2 Å². The first kappa shape index (κ1) is 20.8. The van der Waals surface area contributed by atoms with Crippen molar-refractivity contribution in [2.24, 2.45) is 5.73 Å². The Kier molecular flexibility index (Phi) is 7.20.